The van der Waals surface area contributed by atoms with Gasteiger partial charge in [0.1, 0.15) is 17.1 Å². The molecule has 3 N–H and O–H groups in total. The minimum atomic E-state index is -0.746. The van der Waals surface area contributed by atoms with Crippen molar-refractivity contribution < 1.29 is 23.9 Å². The lowest BCUT2D eigenvalue weighted by molar-refractivity contribution is -0.123. The minimum Gasteiger partial charge on any atom is -0.494 e. The highest BCUT2D eigenvalue weighted by Crippen LogP contribution is 2.21. The van der Waals surface area contributed by atoms with E-state index in [2.05, 4.69) is 20.9 Å². The third kappa shape index (κ3) is 7.62. The predicted molar refractivity (Wildman–Crippen MR) is 125 cm³/mol. The molecule has 10 heteroatoms. The fraction of sp³-hybridized carbons (Fsp3) is 0.217. The van der Waals surface area contributed by atoms with Crippen molar-refractivity contribution in [3.05, 3.63) is 70.5 Å². The minimum absolute atomic E-state index is 0.152. The first-order chi connectivity index (χ1) is 16.0. The number of anilines is 2. The lowest BCUT2D eigenvalue weighted by Gasteiger charge is -2.11. The number of hydrogen-bond donors (Lipinski definition) is 3. The van der Waals surface area contributed by atoms with Crippen LogP contribution in [0.1, 0.15) is 22.2 Å². The summed E-state index contributed by atoms with van der Waals surface area (Å²) in [5, 5.41) is 9.72. The zero-order valence-electron chi connectivity index (χ0n) is 18.0. The zero-order valence-corrected chi connectivity index (χ0v) is 18.8. The van der Waals surface area contributed by atoms with Crippen LogP contribution in [0.3, 0.4) is 0 Å². The number of nitrogens with one attached hydrogen (secondary N) is 3. The van der Waals surface area contributed by atoms with Crippen LogP contribution in [-0.4, -0.2) is 42.7 Å². The molecule has 2 heterocycles. The van der Waals surface area contributed by atoms with Gasteiger partial charge in [-0.15, -0.1) is 11.3 Å². The van der Waals surface area contributed by atoms with Crippen LogP contribution in [0.5, 0.6) is 5.75 Å². The molecule has 3 rings (SSSR count). The van der Waals surface area contributed by atoms with E-state index < -0.39 is 24.5 Å². The van der Waals surface area contributed by atoms with E-state index in [9.17, 15) is 14.4 Å². The second-order valence-electron chi connectivity index (χ2n) is 6.69. The molecular weight excluding hydrogens is 444 g/mol. The van der Waals surface area contributed by atoms with Gasteiger partial charge < -0.3 is 20.1 Å². The first kappa shape index (κ1) is 23.7. The zero-order chi connectivity index (χ0) is 23.5. The summed E-state index contributed by atoms with van der Waals surface area (Å²) in [5.74, 6) is -0.477. The van der Waals surface area contributed by atoms with Gasteiger partial charge in [0.15, 0.2) is 6.61 Å². The van der Waals surface area contributed by atoms with E-state index in [0.717, 1.165) is 10.6 Å². The lowest BCUT2D eigenvalue weighted by atomic mass is 10.2. The van der Waals surface area contributed by atoms with Gasteiger partial charge in [-0.3, -0.25) is 10.1 Å². The van der Waals surface area contributed by atoms with Crippen LogP contribution in [0.4, 0.5) is 16.3 Å². The number of amides is 3. The molecule has 33 heavy (non-hydrogen) atoms. The molecular formula is C23H24N4O5S. The van der Waals surface area contributed by atoms with Gasteiger partial charge in [-0.25, -0.2) is 14.6 Å². The Morgan fingerprint density at radius 3 is 2.61 bits per heavy atom. The van der Waals surface area contributed by atoms with Crippen molar-refractivity contribution >= 4 is 40.7 Å². The number of rotatable bonds is 10. The Morgan fingerprint density at radius 2 is 1.88 bits per heavy atom. The Kier molecular flexibility index (Phi) is 8.78. The lowest BCUT2D eigenvalue weighted by Crippen LogP contribution is -2.42. The van der Waals surface area contributed by atoms with Gasteiger partial charge in [0.05, 0.1) is 6.61 Å². The van der Waals surface area contributed by atoms with Crippen LogP contribution in [-0.2, 0) is 16.0 Å². The molecule has 2 aromatic heterocycles. The number of ether oxygens (including phenoxy) is 2. The van der Waals surface area contributed by atoms with Gasteiger partial charge in [-0.1, -0.05) is 6.07 Å². The van der Waals surface area contributed by atoms with E-state index in [1.807, 2.05) is 24.4 Å². The number of nitrogens with zero attached hydrogens (tertiary/aromatic N) is 1. The van der Waals surface area contributed by atoms with Gasteiger partial charge >= 0.3 is 12.0 Å². The maximum atomic E-state index is 12.5. The summed E-state index contributed by atoms with van der Waals surface area (Å²) >= 11 is 1.59. The first-order valence-electron chi connectivity index (χ1n) is 10.3. The van der Waals surface area contributed by atoms with E-state index in [1.54, 1.807) is 41.7 Å². The Balaban J connectivity index is 1.47. The summed E-state index contributed by atoms with van der Waals surface area (Å²) in [4.78, 5) is 41.6. The molecule has 172 valence electrons. The van der Waals surface area contributed by atoms with Crippen LogP contribution in [0.25, 0.3) is 0 Å². The summed E-state index contributed by atoms with van der Waals surface area (Å²) in [5.41, 5.74) is 0.850. The second-order valence-corrected chi connectivity index (χ2v) is 7.72. The molecule has 0 spiro atoms. The Bertz CT molecular complexity index is 1070. The van der Waals surface area contributed by atoms with Crippen LogP contribution < -0.4 is 20.7 Å². The van der Waals surface area contributed by atoms with Crippen LogP contribution >= 0.6 is 11.3 Å². The highest BCUT2D eigenvalue weighted by atomic mass is 32.1. The molecule has 0 aliphatic heterocycles. The average molecular weight is 469 g/mol. The van der Waals surface area contributed by atoms with Gasteiger partial charge in [0, 0.05) is 23.3 Å². The Labute approximate surface area is 195 Å². The number of benzene rings is 1. The topological polar surface area (TPSA) is 119 Å². The molecule has 1 aromatic carbocycles. The normalized spacial score (nSPS) is 10.2. The fourth-order valence-corrected chi connectivity index (χ4v) is 3.49. The summed E-state index contributed by atoms with van der Waals surface area (Å²) in [6.07, 6.45) is 2.19. The van der Waals surface area contributed by atoms with Crippen molar-refractivity contribution in [1.29, 1.82) is 0 Å². The number of urea groups is 1. The Hall–Kier alpha value is -3.92. The van der Waals surface area contributed by atoms with E-state index in [0.29, 0.717) is 25.3 Å². The van der Waals surface area contributed by atoms with Crippen LogP contribution in [0.2, 0.25) is 0 Å². The number of hydrogen-bond acceptors (Lipinski definition) is 8. The van der Waals surface area contributed by atoms with Crippen molar-refractivity contribution in [3.63, 3.8) is 0 Å². The number of aromatic nitrogens is 1. The largest absolute Gasteiger partial charge is 0.494 e. The van der Waals surface area contributed by atoms with E-state index >= 15 is 0 Å². The van der Waals surface area contributed by atoms with Gasteiger partial charge in [0.2, 0.25) is 0 Å². The van der Waals surface area contributed by atoms with Gasteiger partial charge in [-0.05, 0) is 61.2 Å². The summed E-state index contributed by atoms with van der Waals surface area (Å²) < 4.78 is 10.5. The number of pyridine rings is 1. The van der Waals surface area contributed by atoms with Crippen LogP contribution in [0, 0.1) is 0 Å². The molecule has 0 saturated carbocycles. The molecule has 3 amide bonds. The summed E-state index contributed by atoms with van der Waals surface area (Å²) in [7, 11) is 0. The van der Waals surface area contributed by atoms with Crippen LogP contribution in [0.15, 0.2) is 60.1 Å². The average Bonchev–Trinajstić information content (AvgIpc) is 3.33. The number of carbonyl (C=O) groups is 3. The molecule has 3 aromatic rings. The SMILES string of the molecule is CCOc1ccc(Nc2ncccc2C(=O)OCC(=O)NC(=O)NCCc2cccs2)cc1. The molecule has 0 fully saturated rings. The second kappa shape index (κ2) is 12.2. The third-order valence-corrected chi connectivity index (χ3v) is 5.22. The van der Waals surface area contributed by atoms with Gasteiger partial charge in [0.25, 0.3) is 5.91 Å². The van der Waals surface area contributed by atoms with E-state index in [-0.39, 0.29) is 11.4 Å². The highest BCUT2D eigenvalue weighted by molar-refractivity contribution is 7.09. The standard InChI is InChI=1S/C23H24N4O5S/c1-2-31-17-9-7-16(8-10-17)26-21-19(6-3-12-24-21)22(29)32-15-20(28)27-23(30)25-13-11-18-5-4-14-33-18/h3-10,12,14H,2,11,13,15H2,1H3,(H,24,26)(H2,25,27,28,30). The summed E-state index contributed by atoms with van der Waals surface area (Å²) in [6, 6.07) is 13.5. The first-order valence-corrected chi connectivity index (χ1v) is 11.1. The van der Waals surface area contributed by atoms with Crippen molar-refractivity contribution in [2.75, 3.05) is 25.1 Å². The molecule has 0 aliphatic carbocycles. The quantitative estimate of drug-likeness (QED) is 0.390. The fourth-order valence-electron chi connectivity index (χ4n) is 2.78. The Morgan fingerprint density at radius 1 is 1.06 bits per heavy atom. The third-order valence-electron chi connectivity index (χ3n) is 4.28. The van der Waals surface area contributed by atoms with E-state index in [4.69, 9.17) is 9.47 Å². The molecule has 0 radical (unpaired) electrons. The molecule has 9 nitrogen and oxygen atoms in total. The molecule has 0 aliphatic rings. The monoisotopic (exact) mass is 468 g/mol. The van der Waals surface area contributed by atoms with Crippen molar-refractivity contribution in [3.8, 4) is 5.75 Å². The maximum Gasteiger partial charge on any atom is 0.342 e. The number of carbonyl (C=O) groups excluding carboxylic acids is 3. The maximum absolute atomic E-state index is 12.5. The smallest absolute Gasteiger partial charge is 0.342 e. The highest BCUT2D eigenvalue weighted by Gasteiger charge is 2.16. The summed E-state index contributed by atoms with van der Waals surface area (Å²) in [6.45, 7) is 2.24. The number of esters is 1. The number of thiophene rings is 1. The molecule has 0 unspecified atom stereocenters. The molecule has 0 bridgehead atoms. The van der Waals surface area contributed by atoms with Crippen molar-refractivity contribution in [2.24, 2.45) is 0 Å². The van der Waals surface area contributed by atoms with Gasteiger partial charge in [-0.2, -0.15) is 0 Å². The van der Waals surface area contributed by atoms with E-state index in [1.165, 1.54) is 12.3 Å². The predicted octanol–water partition coefficient (Wildman–Crippen LogP) is 3.51. The molecule has 0 atom stereocenters. The molecule has 0 saturated heterocycles. The van der Waals surface area contributed by atoms with Crippen molar-refractivity contribution in [1.82, 2.24) is 15.6 Å². The number of imide groups is 1. The van der Waals surface area contributed by atoms with Crippen molar-refractivity contribution in [2.45, 2.75) is 13.3 Å².